The first-order valence-corrected chi connectivity index (χ1v) is 16.7. The van der Waals surface area contributed by atoms with Crippen molar-refractivity contribution in [1.82, 2.24) is 25.3 Å². The number of amides is 6. The molecule has 2 fully saturated rings. The van der Waals surface area contributed by atoms with E-state index in [1.807, 2.05) is 0 Å². The van der Waals surface area contributed by atoms with Crippen molar-refractivity contribution >= 4 is 48.6 Å². The van der Waals surface area contributed by atoms with Crippen LogP contribution in [0.1, 0.15) is 50.7 Å². The molecule has 54 heavy (non-hydrogen) atoms. The van der Waals surface area contributed by atoms with Crippen LogP contribution in [0.4, 0.5) is 22.8 Å². The Morgan fingerprint density at radius 2 is 1.61 bits per heavy atom. The SMILES string of the molecule is O=C(O)c1c(F)ccc2c1OB(O)C(NC(=O)C(NC(=O)N1CCN(C3CCN(C(=O)c4cc(O)ccc4F)CC3)C1=O)c1cc(F)c(O)c(O)c1Cl)C2. The molecule has 0 aliphatic carbocycles. The number of phenolic OH excluding ortho intramolecular Hbond substituents is 3. The maximum absolute atomic E-state index is 14.7. The van der Waals surface area contributed by atoms with Gasteiger partial charge in [-0.15, -0.1) is 0 Å². The van der Waals surface area contributed by atoms with Crippen molar-refractivity contribution in [2.75, 3.05) is 26.2 Å². The minimum atomic E-state index is -1.99. The zero-order valence-corrected chi connectivity index (χ0v) is 28.5. The van der Waals surface area contributed by atoms with E-state index in [-0.39, 0.29) is 62.3 Å². The number of carbonyl (C=O) groups is 5. The molecule has 6 amide bonds. The Balaban J connectivity index is 1.17. The number of imide groups is 1. The number of hydrogen-bond acceptors (Lipinski definition) is 10. The second-order valence-corrected chi connectivity index (χ2v) is 13.1. The molecule has 6 rings (SSSR count). The van der Waals surface area contributed by atoms with E-state index in [0.717, 1.165) is 29.2 Å². The highest BCUT2D eigenvalue weighted by Gasteiger charge is 2.43. The van der Waals surface area contributed by atoms with E-state index >= 15 is 0 Å². The normalized spacial score (nSPS) is 17.9. The number of piperidine rings is 1. The Hall–Kier alpha value is -5.89. The maximum atomic E-state index is 14.7. The molecule has 0 radical (unpaired) electrons. The molecule has 3 aliphatic heterocycles. The van der Waals surface area contributed by atoms with E-state index in [1.54, 1.807) is 0 Å². The van der Waals surface area contributed by atoms with E-state index < -0.39 is 106 Å². The number of aromatic hydroxyl groups is 3. The number of nitrogens with one attached hydrogen (secondary N) is 2. The highest BCUT2D eigenvalue weighted by Crippen LogP contribution is 2.41. The minimum Gasteiger partial charge on any atom is -0.534 e. The Morgan fingerprint density at radius 1 is 0.926 bits per heavy atom. The predicted octanol–water partition coefficient (Wildman–Crippen LogP) is 2.51. The zero-order valence-electron chi connectivity index (χ0n) is 27.8. The predicted molar refractivity (Wildman–Crippen MR) is 179 cm³/mol. The quantitative estimate of drug-likeness (QED) is 0.136. The Labute approximate surface area is 308 Å². The third-order valence-corrected chi connectivity index (χ3v) is 9.84. The van der Waals surface area contributed by atoms with Gasteiger partial charge in [0.1, 0.15) is 34.7 Å². The number of aromatic carboxylic acids is 1. The Bertz CT molecular complexity index is 2070. The van der Waals surface area contributed by atoms with Crippen LogP contribution >= 0.6 is 11.6 Å². The highest BCUT2D eigenvalue weighted by molar-refractivity contribution is 6.47. The number of nitrogens with zero attached hydrogens (tertiary/aromatic N) is 3. The number of halogens is 4. The molecule has 2 atom stereocenters. The number of phenols is 3. The number of fused-ring (bicyclic) bond motifs is 1. The van der Waals surface area contributed by atoms with Crippen LogP contribution in [0.2, 0.25) is 5.02 Å². The van der Waals surface area contributed by atoms with Gasteiger partial charge in [0.05, 0.1) is 16.5 Å². The van der Waals surface area contributed by atoms with Crippen molar-refractivity contribution in [2.45, 2.75) is 37.3 Å². The molecule has 0 saturated carbocycles. The molecular formula is C33H30BClF3N5O11. The van der Waals surface area contributed by atoms with E-state index in [9.17, 15) is 62.6 Å². The fourth-order valence-electron chi connectivity index (χ4n) is 6.65. The van der Waals surface area contributed by atoms with E-state index in [2.05, 4.69) is 10.6 Å². The van der Waals surface area contributed by atoms with E-state index in [0.29, 0.717) is 6.07 Å². The topological polar surface area (TPSA) is 230 Å². The van der Waals surface area contributed by atoms with E-state index in [1.165, 1.54) is 15.9 Å². The zero-order chi connectivity index (χ0) is 39.2. The van der Waals surface area contributed by atoms with E-state index in [4.69, 9.17) is 16.3 Å². The maximum Gasteiger partial charge on any atom is 0.547 e. The summed E-state index contributed by atoms with van der Waals surface area (Å²) in [4.78, 5) is 68.9. The smallest absolute Gasteiger partial charge is 0.534 e. The molecule has 2 unspecified atom stereocenters. The highest BCUT2D eigenvalue weighted by atomic mass is 35.5. The molecule has 3 aliphatic rings. The number of carbonyl (C=O) groups excluding carboxylic acids is 4. The summed E-state index contributed by atoms with van der Waals surface area (Å²) in [5.41, 5.74) is -1.65. The summed E-state index contributed by atoms with van der Waals surface area (Å²) in [6, 6.07) is 1.29. The van der Waals surface area contributed by atoms with Crippen LogP contribution < -0.4 is 15.3 Å². The summed E-state index contributed by atoms with van der Waals surface area (Å²) in [6.45, 7) is 0.115. The summed E-state index contributed by atoms with van der Waals surface area (Å²) >= 11 is 6.17. The van der Waals surface area contributed by atoms with Gasteiger partial charge in [0.25, 0.3) is 5.91 Å². The summed E-state index contributed by atoms with van der Waals surface area (Å²) in [6.07, 6.45) is 0.213. The first-order chi connectivity index (χ1) is 25.6. The number of urea groups is 2. The molecule has 284 valence electrons. The molecule has 0 spiro atoms. The average molecular weight is 776 g/mol. The number of carboxylic acid groups (broad SMARTS) is 1. The third-order valence-electron chi connectivity index (χ3n) is 9.45. The molecule has 0 aromatic heterocycles. The van der Waals surface area contributed by atoms with Crippen LogP contribution in [0, 0.1) is 17.5 Å². The van der Waals surface area contributed by atoms with Gasteiger partial charge in [0.2, 0.25) is 5.91 Å². The van der Waals surface area contributed by atoms with Gasteiger partial charge in [-0.3, -0.25) is 9.59 Å². The number of hydrogen-bond donors (Lipinski definition) is 7. The van der Waals surface area contributed by atoms with Gasteiger partial charge in [-0.25, -0.2) is 32.5 Å². The molecule has 16 nitrogen and oxygen atoms in total. The Kier molecular flexibility index (Phi) is 10.4. The molecule has 7 N–H and O–H groups in total. The number of benzene rings is 3. The summed E-state index contributed by atoms with van der Waals surface area (Å²) in [7, 11) is -1.95. The van der Waals surface area contributed by atoms with Crippen molar-refractivity contribution in [1.29, 1.82) is 0 Å². The van der Waals surface area contributed by atoms with Crippen LogP contribution in [-0.2, 0) is 11.2 Å². The largest absolute Gasteiger partial charge is 0.547 e. The molecule has 0 bridgehead atoms. The number of rotatable bonds is 7. The minimum absolute atomic E-state index is 0.0439. The van der Waals surface area contributed by atoms with Gasteiger partial charge in [-0.1, -0.05) is 17.7 Å². The molecule has 3 aromatic rings. The molecule has 21 heteroatoms. The molecule has 3 aromatic carbocycles. The summed E-state index contributed by atoms with van der Waals surface area (Å²) < 4.78 is 48.4. The van der Waals surface area contributed by atoms with Crippen molar-refractivity contribution in [3.8, 4) is 23.0 Å². The molecule has 3 heterocycles. The molecule has 2 saturated heterocycles. The molecular weight excluding hydrogens is 746 g/mol. The van der Waals surface area contributed by atoms with Gasteiger partial charge < -0.3 is 50.5 Å². The lowest BCUT2D eigenvalue weighted by Gasteiger charge is -2.36. The monoisotopic (exact) mass is 775 g/mol. The average Bonchev–Trinajstić information content (AvgIpc) is 3.53. The van der Waals surface area contributed by atoms with Crippen LogP contribution in [0.3, 0.4) is 0 Å². The number of carboxylic acids is 1. The van der Waals surface area contributed by atoms with Gasteiger partial charge in [-0.2, -0.15) is 0 Å². The number of likely N-dealkylation sites (tertiary alicyclic amines) is 1. The first kappa shape index (κ1) is 37.9. The van der Waals surface area contributed by atoms with Gasteiger partial charge in [0, 0.05) is 37.8 Å². The second kappa shape index (κ2) is 14.9. The fraction of sp³-hybridized carbons (Fsp3) is 0.303. The van der Waals surface area contributed by atoms with Crippen LogP contribution in [-0.4, -0.2) is 115 Å². The summed E-state index contributed by atoms with van der Waals surface area (Å²) in [5, 5.41) is 53.8. The van der Waals surface area contributed by atoms with Crippen LogP contribution in [0.5, 0.6) is 23.0 Å². The van der Waals surface area contributed by atoms with Gasteiger partial charge in [0.15, 0.2) is 17.3 Å². The standard InChI is InChI=1S/C33H30BClF3N5O11/c35-24-18(13-21(38)26(45)27(24)46)25(29(47)39-22-11-14-1-3-20(37)23(31(49)50)28(14)54-34(22)53)40-32(51)43-10-9-42(33(43)52)15-5-7-41(8-6-15)30(48)17-12-16(44)2-4-19(17)36/h1-4,12-13,15,22,25,44-46,53H,5-11H2,(H,39,47)(H,40,51)(H,49,50). The van der Waals surface area contributed by atoms with Gasteiger partial charge in [-0.05, 0) is 55.2 Å². The summed E-state index contributed by atoms with van der Waals surface area (Å²) in [5.74, 6) is -11.4. The van der Waals surface area contributed by atoms with Crippen LogP contribution in [0.25, 0.3) is 0 Å². The van der Waals surface area contributed by atoms with Crippen molar-refractivity contribution in [2.24, 2.45) is 0 Å². The van der Waals surface area contributed by atoms with Crippen LogP contribution in [0.15, 0.2) is 36.4 Å². The lowest BCUT2D eigenvalue weighted by molar-refractivity contribution is -0.123. The van der Waals surface area contributed by atoms with Crippen molar-refractivity contribution in [3.63, 3.8) is 0 Å². The van der Waals surface area contributed by atoms with Gasteiger partial charge >= 0.3 is 25.1 Å². The van der Waals surface area contributed by atoms with Crippen molar-refractivity contribution < 1.29 is 67.2 Å². The first-order valence-electron chi connectivity index (χ1n) is 16.3. The lowest BCUT2D eigenvalue weighted by atomic mass is 9.72. The fourth-order valence-corrected chi connectivity index (χ4v) is 6.91. The van der Waals surface area contributed by atoms with Crippen molar-refractivity contribution in [3.05, 3.63) is 81.1 Å². The second-order valence-electron chi connectivity index (χ2n) is 12.7. The lowest BCUT2D eigenvalue weighted by Crippen LogP contribution is -2.56. The Morgan fingerprint density at radius 3 is 2.30 bits per heavy atom. The third kappa shape index (κ3) is 7.08.